The quantitative estimate of drug-likeness (QED) is 0.510. The first-order valence-corrected chi connectivity index (χ1v) is 6.68. The van der Waals surface area contributed by atoms with E-state index in [1.807, 2.05) is 13.8 Å². The maximum absolute atomic E-state index is 10.7. The zero-order valence-electron chi connectivity index (χ0n) is 9.46. The first-order valence-electron chi connectivity index (χ1n) is 4.86. The van der Waals surface area contributed by atoms with Crippen LogP contribution < -0.4 is 0 Å². The van der Waals surface area contributed by atoms with E-state index in [2.05, 4.69) is 6.92 Å². The summed E-state index contributed by atoms with van der Waals surface area (Å²) in [6, 6.07) is 0. The Kier molecular flexibility index (Phi) is 6.04. The highest BCUT2D eigenvalue weighted by Crippen LogP contribution is 2.12. The van der Waals surface area contributed by atoms with Crippen molar-refractivity contribution >= 4 is 10.1 Å². The third-order valence-electron chi connectivity index (χ3n) is 2.12. The second-order valence-electron chi connectivity index (χ2n) is 3.63. The van der Waals surface area contributed by atoms with E-state index in [0.717, 1.165) is 31.1 Å². The molecule has 0 aromatic carbocycles. The van der Waals surface area contributed by atoms with Gasteiger partial charge >= 0.3 is 0 Å². The van der Waals surface area contributed by atoms with Gasteiger partial charge in [-0.05, 0) is 32.3 Å². The van der Waals surface area contributed by atoms with Gasteiger partial charge in [0.2, 0.25) is 0 Å². The Hall–Kier alpha value is -0.350. The molecule has 3 nitrogen and oxygen atoms in total. The van der Waals surface area contributed by atoms with E-state index >= 15 is 0 Å². The van der Waals surface area contributed by atoms with Crippen LogP contribution in [-0.4, -0.2) is 21.3 Å². The molecule has 0 heterocycles. The van der Waals surface area contributed by atoms with Crippen molar-refractivity contribution < 1.29 is 12.6 Å². The molecule has 84 valence electrons. The molecule has 0 unspecified atom stereocenters. The molecule has 0 bridgehead atoms. The third kappa shape index (κ3) is 7.09. The molecule has 0 amide bonds. The van der Waals surface area contributed by atoms with Crippen molar-refractivity contribution in [1.82, 2.24) is 0 Å². The van der Waals surface area contributed by atoms with Gasteiger partial charge in [0.15, 0.2) is 0 Å². The van der Waals surface area contributed by atoms with E-state index in [1.54, 1.807) is 0 Å². The predicted octanol–water partition coefficient (Wildman–Crippen LogP) is 2.49. The fourth-order valence-corrected chi connectivity index (χ4v) is 1.36. The summed E-state index contributed by atoms with van der Waals surface area (Å²) in [5.74, 6) is 0. The van der Waals surface area contributed by atoms with E-state index in [4.69, 9.17) is 4.18 Å². The van der Waals surface area contributed by atoms with Crippen LogP contribution in [0.4, 0.5) is 0 Å². The summed E-state index contributed by atoms with van der Waals surface area (Å²) in [7, 11) is -3.31. The van der Waals surface area contributed by atoms with Gasteiger partial charge in [0.05, 0.1) is 12.9 Å². The van der Waals surface area contributed by atoms with E-state index in [9.17, 15) is 8.42 Å². The van der Waals surface area contributed by atoms with Crippen LogP contribution in [-0.2, 0) is 14.3 Å². The lowest BCUT2D eigenvalue weighted by Crippen LogP contribution is -2.05. The smallest absolute Gasteiger partial charge is 0.264 e. The highest BCUT2D eigenvalue weighted by atomic mass is 32.2. The van der Waals surface area contributed by atoms with Crippen LogP contribution in [0.1, 0.15) is 40.0 Å². The first kappa shape index (κ1) is 13.7. The molecule has 0 N–H and O–H groups in total. The number of rotatable bonds is 6. The first-order chi connectivity index (χ1) is 6.37. The summed E-state index contributed by atoms with van der Waals surface area (Å²) in [6.45, 7) is 6.26. The van der Waals surface area contributed by atoms with E-state index in [0.29, 0.717) is 0 Å². The molecule has 0 rings (SSSR count). The van der Waals surface area contributed by atoms with Crippen LogP contribution in [0.2, 0.25) is 0 Å². The summed E-state index contributed by atoms with van der Waals surface area (Å²) < 4.78 is 26.2. The molecule has 0 aliphatic carbocycles. The van der Waals surface area contributed by atoms with E-state index in [-0.39, 0.29) is 6.61 Å². The number of hydrogen-bond donors (Lipinski definition) is 0. The van der Waals surface area contributed by atoms with Gasteiger partial charge in [-0.15, -0.1) is 0 Å². The minimum Gasteiger partial charge on any atom is -0.266 e. The van der Waals surface area contributed by atoms with Crippen LogP contribution in [0.5, 0.6) is 0 Å². The fourth-order valence-electron chi connectivity index (χ4n) is 0.974. The van der Waals surface area contributed by atoms with Gasteiger partial charge in [-0.25, -0.2) is 0 Å². The van der Waals surface area contributed by atoms with Gasteiger partial charge in [0.1, 0.15) is 0 Å². The monoisotopic (exact) mass is 220 g/mol. The Morgan fingerprint density at radius 1 is 1.21 bits per heavy atom. The van der Waals surface area contributed by atoms with Crippen molar-refractivity contribution in [3.63, 3.8) is 0 Å². The largest absolute Gasteiger partial charge is 0.266 e. The molecule has 0 saturated carbocycles. The molecule has 4 heteroatoms. The second-order valence-corrected chi connectivity index (χ2v) is 5.27. The van der Waals surface area contributed by atoms with Gasteiger partial charge in [-0.2, -0.15) is 8.42 Å². The van der Waals surface area contributed by atoms with Gasteiger partial charge in [-0.1, -0.05) is 18.9 Å². The predicted molar refractivity (Wildman–Crippen MR) is 58.7 cm³/mol. The second kappa shape index (κ2) is 6.19. The van der Waals surface area contributed by atoms with Crippen molar-refractivity contribution in [2.75, 3.05) is 12.9 Å². The van der Waals surface area contributed by atoms with Gasteiger partial charge < -0.3 is 0 Å². The number of allylic oxidation sites excluding steroid dienone is 1. The van der Waals surface area contributed by atoms with Crippen LogP contribution in [0.3, 0.4) is 0 Å². The summed E-state index contributed by atoms with van der Waals surface area (Å²) in [5.41, 5.74) is 2.25. The summed E-state index contributed by atoms with van der Waals surface area (Å²) in [6.07, 6.45) is 4.39. The van der Waals surface area contributed by atoms with Crippen molar-refractivity contribution in [3.05, 3.63) is 11.1 Å². The number of hydrogen-bond acceptors (Lipinski definition) is 3. The molecule has 0 aromatic heterocycles. The molecular weight excluding hydrogens is 200 g/mol. The molecule has 0 spiro atoms. The Balaban J connectivity index is 4.10. The Bertz CT molecular complexity index is 288. The normalized spacial score (nSPS) is 14.0. The minimum atomic E-state index is -3.31. The average molecular weight is 220 g/mol. The SMILES string of the molecule is CCCC/C(C)=C(\C)COS(C)(=O)=O. The van der Waals surface area contributed by atoms with Gasteiger partial charge in [0, 0.05) is 0 Å². The Labute approximate surface area is 87.3 Å². The average Bonchev–Trinajstić information content (AvgIpc) is 2.09. The van der Waals surface area contributed by atoms with Crippen LogP contribution in [0.25, 0.3) is 0 Å². The van der Waals surface area contributed by atoms with Gasteiger partial charge in [-0.3, -0.25) is 4.18 Å². The maximum Gasteiger partial charge on any atom is 0.264 e. The van der Waals surface area contributed by atoms with Crippen LogP contribution in [0, 0.1) is 0 Å². The lowest BCUT2D eigenvalue weighted by Gasteiger charge is -2.06. The molecule has 0 aromatic rings. The van der Waals surface area contributed by atoms with E-state index < -0.39 is 10.1 Å². The number of unbranched alkanes of at least 4 members (excludes halogenated alkanes) is 1. The van der Waals surface area contributed by atoms with Crippen molar-refractivity contribution in [3.8, 4) is 0 Å². The highest BCUT2D eigenvalue weighted by molar-refractivity contribution is 7.85. The third-order valence-corrected chi connectivity index (χ3v) is 2.67. The topological polar surface area (TPSA) is 43.4 Å². The summed E-state index contributed by atoms with van der Waals surface area (Å²) in [5, 5.41) is 0. The maximum atomic E-state index is 10.7. The molecule has 0 atom stereocenters. The Morgan fingerprint density at radius 3 is 2.21 bits per heavy atom. The fraction of sp³-hybridized carbons (Fsp3) is 0.800. The lowest BCUT2D eigenvalue weighted by molar-refractivity contribution is 0.351. The molecule has 14 heavy (non-hydrogen) atoms. The molecule has 0 fully saturated rings. The molecular formula is C10H20O3S. The van der Waals surface area contributed by atoms with Crippen molar-refractivity contribution in [1.29, 1.82) is 0 Å². The zero-order chi connectivity index (χ0) is 11.2. The highest BCUT2D eigenvalue weighted by Gasteiger charge is 2.03. The molecule has 0 saturated heterocycles. The van der Waals surface area contributed by atoms with Gasteiger partial charge in [0.25, 0.3) is 10.1 Å². The van der Waals surface area contributed by atoms with Crippen LogP contribution >= 0.6 is 0 Å². The molecule has 0 aliphatic heterocycles. The summed E-state index contributed by atoms with van der Waals surface area (Å²) in [4.78, 5) is 0. The summed E-state index contributed by atoms with van der Waals surface area (Å²) >= 11 is 0. The standard InChI is InChI=1S/C10H20O3S/c1-5-6-7-9(2)10(3)8-13-14(4,11)12/h5-8H2,1-4H3/b10-9+. The lowest BCUT2D eigenvalue weighted by atomic mass is 10.1. The minimum absolute atomic E-state index is 0.189. The molecule has 0 aliphatic rings. The Morgan fingerprint density at radius 2 is 1.79 bits per heavy atom. The van der Waals surface area contributed by atoms with Crippen molar-refractivity contribution in [2.45, 2.75) is 40.0 Å². The zero-order valence-corrected chi connectivity index (χ0v) is 10.3. The van der Waals surface area contributed by atoms with E-state index in [1.165, 1.54) is 5.57 Å². The van der Waals surface area contributed by atoms with Crippen LogP contribution in [0.15, 0.2) is 11.1 Å². The molecule has 0 radical (unpaired) electrons. The van der Waals surface area contributed by atoms with Crippen molar-refractivity contribution in [2.24, 2.45) is 0 Å².